The highest BCUT2D eigenvalue weighted by molar-refractivity contribution is 7.99. The van der Waals surface area contributed by atoms with Crippen molar-refractivity contribution in [2.45, 2.75) is 37.4 Å². The van der Waals surface area contributed by atoms with Crippen molar-refractivity contribution in [2.24, 2.45) is 0 Å². The maximum atomic E-state index is 11.7. The van der Waals surface area contributed by atoms with Gasteiger partial charge in [-0.05, 0) is 23.7 Å². The molecule has 0 heterocycles. The molecule has 1 aromatic rings. The minimum absolute atomic E-state index is 0.00958. The first-order chi connectivity index (χ1) is 8.49. The molecule has 0 aliphatic carbocycles. The van der Waals surface area contributed by atoms with Gasteiger partial charge >= 0.3 is 5.51 Å². The summed E-state index contributed by atoms with van der Waals surface area (Å²) in [6, 6.07) is 8.60. The van der Waals surface area contributed by atoms with Gasteiger partial charge in [0.25, 0.3) is 0 Å². The number of rotatable bonds is 5. The summed E-state index contributed by atoms with van der Waals surface area (Å²) in [7, 11) is 0. The monoisotopic (exact) mass is 298 g/mol. The fourth-order valence-electron chi connectivity index (χ4n) is 1.08. The van der Waals surface area contributed by atoms with E-state index >= 15 is 0 Å². The summed E-state index contributed by atoms with van der Waals surface area (Å²) in [5, 5.41) is 0. The molecule has 18 heavy (non-hydrogen) atoms. The zero-order chi connectivity index (χ0) is 13.9. The van der Waals surface area contributed by atoms with Gasteiger partial charge in [0.15, 0.2) is 0 Å². The molecular weight excluding hydrogens is 281 g/mol. The van der Waals surface area contributed by atoms with Gasteiger partial charge in [-0.25, -0.2) is 0 Å². The van der Waals surface area contributed by atoms with Crippen LogP contribution in [-0.2, 0) is 5.75 Å². The molecule has 0 bridgehead atoms. The topological polar surface area (TPSA) is 0 Å². The van der Waals surface area contributed by atoms with Crippen LogP contribution >= 0.6 is 23.4 Å². The van der Waals surface area contributed by atoms with Crippen LogP contribution < -0.4 is 0 Å². The van der Waals surface area contributed by atoms with Crippen LogP contribution in [0.5, 0.6) is 0 Å². The predicted molar refractivity (Wildman–Crippen MR) is 74.0 cm³/mol. The third kappa shape index (κ3) is 12.1. The molecule has 0 saturated heterocycles. The number of hydrogen-bond donors (Lipinski definition) is 0. The Hall–Kier alpha value is -0.350. The van der Waals surface area contributed by atoms with Crippen LogP contribution in [-0.4, -0.2) is 11.4 Å². The third-order valence-electron chi connectivity index (χ3n) is 1.98. The van der Waals surface area contributed by atoms with Crippen LogP contribution in [0.15, 0.2) is 30.3 Å². The smallest absolute Gasteiger partial charge is 0.160 e. The van der Waals surface area contributed by atoms with Gasteiger partial charge in [0.1, 0.15) is 0 Å². The molecule has 0 fully saturated rings. The Balaban J connectivity index is 0.000000411. The van der Waals surface area contributed by atoms with Crippen LogP contribution in [0, 0.1) is 0 Å². The molecule has 0 aromatic heterocycles. The fraction of sp³-hybridized carbons (Fsp3) is 0.538. The van der Waals surface area contributed by atoms with E-state index in [1.807, 2.05) is 0 Å². The highest BCUT2D eigenvalue weighted by atomic mass is 35.5. The molecule has 104 valence electrons. The first-order valence-electron chi connectivity index (χ1n) is 5.80. The molecule has 1 aromatic carbocycles. The largest absolute Gasteiger partial charge is 0.442 e. The van der Waals surface area contributed by atoms with Gasteiger partial charge in [0.05, 0.1) is 0 Å². The number of halogens is 4. The zero-order valence-corrected chi connectivity index (χ0v) is 11.9. The number of unbranched alkanes of at least 4 members (excludes halogenated alkanes) is 2. The molecule has 0 N–H and O–H groups in total. The van der Waals surface area contributed by atoms with E-state index in [2.05, 4.69) is 6.92 Å². The molecule has 0 atom stereocenters. The van der Waals surface area contributed by atoms with Gasteiger partial charge in [-0.15, -0.1) is 11.6 Å². The normalized spacial score (nSPS) is 10.7. The maximum Gasteiger partial charge on any atom is 0.442 e. The molecule has 0 spiro atoms. The first kappa shape index (κ1) is 17.6. The second kappa shape index (κ2) is 10.6. The van der Waals surface area contributed by atoms with Gasteiger partial charge in [-0.2, -0.15) is 13.2 Å². The summed E-state index contributed by atoms with van der Waals surface area (Å²) in [4.78, 5) is 0. The molecule has 1 rings (SSSR count). The third-order valence-corrected chi connectivity index (χ3v) is 3.05. The van der Waals surface area contributed by atoms with Gasteiger partial charge in [-0.3, -0.25) is 0 Å². The lowest BCUT2D eigenvalue weighted by atomic mass is 10.2. The molecule has 0 saturated carbocycles. The molecule has 0 unspecified atom stereocenters. The van der Waals surface area contributed by atoms with E-state index in [0.717, 1.165) is 5.88 Å². The van der Waals surface area contributed by atoms with Crippen molar-refractivity contribution in [3.05, 3.63) is 35.9 Å². The van der Waals surface area contributed by atoms with Crippen LogP contribution in [0.4, 0.5) is 13.2 Å². The van der Waals surface area contributed by atoms with Gasteiger partial charge in [0, 0.05) is 11.6 Å². The van der Waals surface area contributed by atoms with Gasteiger partial charge < -0.3 is 0 Å². The Morgan fingerprint density at radius 2 is 1.72 bits per heavy atom. The van der Waals surface area contributed by atoms with Crippen LogP contribution in [0.25, 0.3) is 0 Å². The van der Waals surface area contributed by atoms with Crippen molar-refractivity contribution < 1.29 is 13.2 Å². The Labute approximate surface area is 116 Å². The SMILES string of the molecule is CCCCCCl.FC(F)(F)SCc1ccccc1. The van der Waals surface area contributed by atoms with Crippen molar-refractivity contribution in [3.8, 4) is 0 Å². The Kier molecular flexibility index (Phi) is 10.4. The van der Waals surface area contributed by atoms with Crippen molar-refractivity contribution in [1.82, 2.24) is 0 Å². The average molecular weight is 299 g/mol. The quantitative estimate of drug-likeness (QED) is 0.485. The van der Waals surface area contributed by atoms with Crippen molar-refractivity contribution >= 4 is 23.4 Å². The Bertz CT molecular complexity index is 284. The second-order valence-corrected chi connectivity index (χ2v) is 5.03. The van der Waals surface area contributed by atoms with Crippen LogP contribution in [0.2, 0.25) is 0 Å². The number of thioether (sulfide) groups is 1. The molecule has 0 radical (unpaired) electrons. The summed E-state index contributed by atoms with van der Waals surface area (Å²) in [5.74, 6) is 0.818. The maximum absolute atomic E-state index is 11.7. The van der Waals surface area contributed by atoms with Crippen LogP contribution in [0.1, 0.15) is 31.7 Å². The van der Waals surface area contributed by atoms with Crippen molar-refractivity contribution in [2.75, 3.05) is 5.88 Å². The molecule has 0 amide bonds. The van der Waals surface area contributed by atoms with Crippen LogP contribution in [0.3, 0.4) is 0 Å². The standard InChI is InChI=1S/C8H7F3S.C5H11Cl/c9-8(10,11)12-6-7-4-2-1-3-5-7;1-2-3-4-5-6/h1-5H,6H2;2-5H2,1H3. The lowest BCUT2D eigenvalue weighted by Crippen LogP contribution is -2.00. The lowest BCUT2D eigenvalue weighted by Gasteiger charge is -2.04. The highest BCUT2D eigenvalue weighted by Gasteiger charge is 2.27. The van der Waals surface area contributed by atoms with Gasteiger partial charge in [-0.1, -0.05) is 50.1 Å². The minimum atomic E-state index is -4.13. The summed E-state index contributed by atoms with van der Waals surface area (Å²) < 4.78 is 35.1. The average Bonchev–Trinajstić information content (AvgIpc) is 2.35. The van der Waals surface area contributed by atoms with Crippen molar-refractivity contribution in [3.63, 3.8) is 0 Å². The number of hydrogen-bond acceptors (Lipinski definition) is 1. The first-order valence-corrected chi connectivity index (χ1v) is 7.32. The predicted octanol–water partition coefficient (Wildman–Crippen LogP) is 5.86. The van der Waals surface area contributed by atoms with E-state index in [1.54, 1.807) is 30.3 Å². The van der Waals surface area contributed by atoms with Gasteiger partial charge in [0.2, 0.25) is 0 Å². The summed E-state index contributed by atoms with van der Waals surface area (Å²) in [6.45, 7) is 2.17. The fourth-order valence-corrected chi connectivity index (χ4v) is 1.80. The number of benzene rings is 1. The lowest BCUT2D eigenvalue weighted by molar-refractivity contribution is -0.0329. The Morgan fingerprint density at radius 1 is 1.11 bits per heavy atom. The molecule has 0 aliphatic rings. The van der Waals surface area contributed by atoms with E-state index in [9.17, 15) is 13.2 Å². The minimum Gasteiger partial charge on any atom is -0.160 e. The highest BCUT2D eigenvalue weighted by Crippen LogP contribution is 2.32. The van der Waals surface area contributed by atoms with E-state index in [4.69, 9.17) is 11.6 Å². The van der Waals surface area contributed by atoms with E-state index in [-0.39, 0.29) is 17.5 Å². The van der Waals surface area contributed by atoms with Crippen molar-refractivity contribution in [1.29, 1.82) is 0 Å². The van der Waals surface area contributed by atoms with E-state index < -0.39 is 5.51 Å². The van der Waals surface area contributed by atoms with E-state index in [1.165, 1.54) is 19.3 Å². The molecule has 5 heteroatoms. The second-order valence-electron chi connectivity index (χ2n) is 3.62. The number of alkyl halides is 4. The Morgan fingerprint density at radius 3 is 2.11 bits per heavy atom. The summed E-state index contributed by atoms with van der Waals surface area (Å²) in [6.07, 6.45) is 3.73. The summed E-state index contributed by atoms with van der Waals surface area (Å²) >= 11 is 5.37. The zero-order valence-electron chi connectivity index (χ0n) is 10.3. The molecule has 0 nitrogen and oxygen atoms in total. The molecule has 0 aliphatic heterocycles. The van der Waals surface area contributed by atoms with E-state index in [0.29, 0.717) is 5.56 Å². The summed E-state index contributed by atoms with van der Waals surface area (Å²) in [5.41, 5.74) is -3.43. The molecular formula is C13H18ClF3S.